The Balaban J connectivity index is 1.52. The van der Waals surface area contributed by atoms with E-state index in [2.05, 4.69) is 40.1 Å². The Labute approximate surface area is 151 Å². The number of aliphatic imine (C=N–C) groups is 1. The number of thioether (sulfide) groups is 1. The number of amidine groups is 1. The summed E-state index contributed by atoms with van der Waals surface area (Å²) in [6.07, 6.45) is 9.46. The van der Waals surface area contributed by atoms with Crippen molar-refractivity contribution in [1.29, 1.82) is 0 Å². The van der Waals surface area contributed by atoms with Gasteiger partial charge in [0, 0.05) is 18.8 Å². The van der Waals surface area contributed by atoms with Crippen LogP contribution in [0.4, 0.5) is 5.69 Å². The zero-order chi connectivity index (χ0) is 16.5. The second-order valence-electron chi connectivity index (χ2n) is 6.88. The second-order valence-corrected chi connectivity index (χ2v) is 7.94. The molecule has 2 aliphatic heterocycles. The van der Waals surface area contributed by atoms with Gasteiger partial charge < -0.3 is 9.80 Å². The fourth-order valence-electron chi connectivity index (χ4n) is 3.53. The number of hydrogen-bond donors (Lipinski definition) is 0. The van der Waals surface area contributed by atoms with Crippen LogP contribution < -0.4 is 0 Å². The van der Waals surface area contributed by atoms with Crippen LogP contribution in [0.5, 0.6) is 0 Å². The monoisotopic (exact) mass is 345 g/mol. The van der Waals surface area contributed by atoms with Crippen molar-refractivity contribution in [3.63, 3.8) is 0 Å². The first kappa shape index (κ1) is 17.8. The van der Waals surface area contributed by atoms with Gasteiger partial charge in [0.05, 0.1) is 5.69 Å². The zero-order valence-electron chi connectivity index (χ0n) is 14.8. The highest BCUT2D eigenvalue weighted by Gasteiger charge is 2.16. The van der Waals surface area contributed by atoms with Crippen LogP contribution in [0.15, 0.2) is 35.3 Å². The summed E-state index contributed by atoms with van der Waals surface area (Å²) >= 11 is 1.96. The van der Waals surface area contributed by atoms with Gasteiger partial charge in [0.2, 0.25) is 0 Å². The van der Waals surface area contributed by atoms with Crippen LogP contribution in [0.2, 0.25) is 0 Å². The quantitative estimate of drug-likeness (QED) is 0.435. The molecule has 1 aromatic carbocycles. The molecular weight excluding hydrogens is 314 g/mol. The average Bonchev–Trinajstić information content (AvgIpc) is 2.66. The van der Waals surface area contributed by atoms with Gasteiger partial charge >= 0.3 is 0 Å². The lowest BCUT2D eigenvalue weighted by Crippen LogP contribution is -2.34. The molecule has 0 unspecified atom stereocenters. The number of nitrogens with zero attached hydrogens (tertiary/aromatic N) is 3. The summed E-state index contributed by atoms with van der Waals surface area (Å²) in [5.74, 6) is 1.18. The summed E-state index contributed by atoms with van der Waals surface area (Å²) in [6.45, 7) is 6.21. The summed E-state index contributed by atoms with van der Waals surface area (Å²) in [5, 5.41) is 1.24. The van der Waals surface area contributed by atoms with Crippen molar-refractivity contribution < 1.29 is 0 Å². The Bertz CT molecular complexity index is 491. The zero-order valence-corrected chi connectivity index (χ0v) is 15.6. The van der Waals surface area contributed by atoms with E-state index in [1.807, 2.05) is 11.8 Å². The van der Waals surface area contributed by atoms with E-state index >= 15 is 0 Å². The molecule has 0 aromatic heterocycles. The first-order valence-corrected chi connectivity index (χ1v) is 10.6. The predicted molar refractivity (Wildman–Crippen MR) is 106 cm³/mol. The van der Waals surface area contributed by atoms with Crippen molar-refractivity contribution in [3.8, 4) is 0 Å². The molecule has 2 heterocycles. The molecule has 24 heavy (non-hydrogen) atoms. The summed E-state index contributed by atoms with van der Waals surface area (Å²) in [4.78, 5) is 10.1. The van der Waals surface area contributed by atoms with Gasteiger partial charge in [-0.3, -0.25) is 0 Å². The Morgan fingerprint density at radius 2 is 1.54 bits per heavy atom. The van der Waals surface area contributed by atoms with Crippen LogP contribution in [0.25, 0.3) is 0 Å². The van der Waals surface area contributed by atoms with Crippen molar-refractivity contribution in [2.24, 2.45) is 4.99 Å². The topological polar surface area (TPSA) is 18.8 Å². The molecule has 0 bridgehead atoms. The van der Waals surface area contributed by atoms with E-state index in [-0.39, 0.29) is 0 Å². The Morgan fingerprint density at radius 1 is 0.875 bits per heavy atom. The van der Waals surface area contributed by atoms with Gasteiger partial charge in [0.15, 0.2) is 5.17 Å². The fourth-order valence-corrected chi connectivity index (χ4v) is 4.52. The van der Waals surface area contributed by atoms with Crippen LogP contribution in [0, 0.1) is 0 Å². The van der Waals surface area contributed by atoms with Crippen LogP contribution in [-0.4, -0.2) is 53.4 Å². The van der Waals surface area contributed by atoms with Gasteiger partial charge in [-0.1, -0.05) is 36.4 Å². The molecule has 3 nitrogen and oxygen atoms in total. The highest BCUT2D eigenvalue weighted by Crippen LogP contribution is 2.21. The van der Waals surface area contributed by atoms with E-state index in [0.29, 0.717) is 0 Å². The third-order valence-corrected chi connectivity index (χ3v) is 6.01. The molecule has 0 N–H and O–H groups in total. The van der Waals surface area contributed by atoms with Crippen molar-refractivity contribution in [2.75, 3.05) is 38.5 Å². The lowest BCUT2D eigenvalue weighted by Gasteiger charge is -2.30. The van der Waals surface area contributed by atoms with Gasteiger partial charge in [-0.2, -0.15) is 0 Å². The smallest absolute Gasteiger partial charge is 0.164 e. The van der Waals surface area contributed by atoms with Crippen LogP contribution in [-0.2, 0) is 0 Å². The first-order chi connectivity index (χ1) is 11.9. The summed E-state index contributed by atoms with van der Waals surface area (Å²) < 4.78 is 0. The molecular formula is C20H31N3S. The minimum atomic E-state index is 1.08. The van der Waals surface area contributed by atoms with Crippen molar-refractivity contribution >= 4 is 22.6 Å². The molecule has 1 aromatic rings. The van der Waals surface area contributed by atoms with E-state index in [1.54, 1.807) is 0 Å². The van der Waals surface area contributed by atoms with E-state index in [1.165, 1.54) is 88.6 Å². The van der Waals surface area contributed by atoms with Gasteiger partial charge in [-0.25, -0.2) is 4.99 Å². The summed E-state index contributed by atoms with van der Waals surface area (Å²) in [7, 11) is 0. The van der Waals surface area contributed by atoms with Gasteiger partial charge in [-0.15, -0.1) is 0 Å². The molecule has 0 radical (unpaired) electrons. The van der Waals surface area contributed by atoms with Gasteiger partial charge in [-0.05, 0) is 70.3 Å². The SMILES string of the molecule is c1ccc(N=C(SCCCN2CCCCC2)N2CCCCC2)cc1. The molecule has 0 amide bonds. The molecule has 0 aliphatic carbocycles. The third kappa shape index (κ3) is 5.82. The first-order valence-electron chi connectivity index (χ1n) is 9.66. The average molecular weight is 346 g/mol. The van der Waals surface area contributed by atoms with E-state index in [4.69, 9.17) is 4.99 Å². The fraction of sp³-hybridized carbons (Fsp3) is 0.650. The number of para-hydroxylation sites is 1. The molecule has 4 heteroatoms. The Morgan fingerprint density at radius 3 is 2.25 bits per heavy atom. The van der Waals surface area contributed by atoms with E-state index in [9.17, 15) is 0 Å². The highest BCUT2D eigenvalue weighted by molar-refractivity contribution is 8.13. The van der Waals surface area contributed by atoms with Crippen LogP contribution >= 0.6 is 11.8 Å². The van der Waals surface area contributed by atoms with Crippen LogP contribution in [0.1, 0.15) is 44.9 Å². The predicted octanol–water partition coefficient (Wildman–Crippen LogP) is 4.77. The molecule has 2 fully saturated rings. The van der Waals surface area contributed by atoms with Crippen molar-refractivity contribution in [1.82, 2.24) is 9.80 Å². The highest BCUT2D eigenvalue weighted by atomic mass is 32.2. The molecule has 132 valence electrons. The van der Waals surface area contributed by atoms with Crippen molar-refractivity contribution in [3.05, 3.63) is 30.3 Å². The normalized spacial score (nSPS) is 20.3. The summed E-state index contributed by atoms with van der Waals surface area (Å²) in [5.41, 5.74) is 1.08. The number of rotatable bonds is 5. The van der Waals surface area contributed by atoms with E-state index in [0.717, 1.165) is 5.69 Å². The molecule has 3 rings (SSSR count). The Hall–Kier alpha value is -1.00. The minimum absolute atomic E-state index is 1.08. The van der Waals surface area contributed by atoms with Crippen LogP contribution in [0.3, 0.4) is 0 Å². The lowest BCUT2D eigenvalue weighted by molar-refractivity contribution is 0.230. The maximum atomic E-state index is 4.96. The maximum absolute atomic E-state index is 4.96. The maximum Gasteiger partial charge on any atom is 0.164 e. The molecule has 0 atom stereocenters. The van der Waals surface area contributed by atoms with Gasteiger partial charge in [0.1, 0.15) is 0 Å². The number of benzene rings is 1. The molecule has 2 aliphatic rings. The molecule has 2 saturated heterocycles. The minimum Gasteiger partial charge on any atom is -0.351 e. The standard InChI is InChI=1S/C20H31N3S/c1-4-11-19(12-5-1)21-20(23-16-8-3-9-17-23)24-18-10-15-22-13-6-2-7-14-22/h1,4-5,11-12H,2-3,6-10,13-18H2. The largest absolute Gasteiger partial charge is 0.351 e. The Kier molecular flexibility index (Phi) is 7.49. The number of hydrogen-bond acceptors (Lipinski definition) is 3. The number of piperidine rings is 2. The lowest BCUT2D eigenvalue weighted by atomic mass is 10.1. The second kappa shape index (κ2) is 10.1. The van der Waals surface area contributed by atoms with E-state index < -0.39 is 0 Å². The summed E-state index contributed by atoms with van der Waals surface area (Å²) in [6, 6.07) is 10.4. The molecule has 0 saturated carbocycles. The van der Waals surface area contributed by atoms with Gasteiger partial charge in [0.25, 0.3) is 0 Å². The molecule has 0 spiro atoms. The number of likely N-dealkylation sites (tertiary alicyclic amines) is 2. The third-order valence-electron chi connectivity index (χ3n) is 4.91. The van der Waals surface area contributed by atoms with Crippen molar-refractivity contribution in [2.45, 2.75) is 44.9 Å².